The van der Waals surface area contributed by atoms with Crippen molar-refractivity contribution in [2.24, 2.45) is 0 Å². The SMILES string of the molecule is Cc1cc(CNC(=O)CN(C)C(C)c2ccccc2)ccc1F. The number of amides is 1. The summed E-state index contributed by atoms with van der Waals surface area (Å²) in [6.45, 7) is 4.52. The van der Waals surface area contributed by atoms with Crippen LogP contribution >= 0.6 is 0 Å². The van der Waals surface area contributed by atoms with Gasteiger partial charge < -0.3 is 5.32 Å². The molecule has 4 heteroatoms. The number of carbonyl (C=O) groups excluding carboxylic acids is 1. The molecule has 1 atom stereocenters. The fraction of sp³-hybridized carbons (Fsp3) is 0.316. The molecule has 0 fully saturated rings. The Morgan fingerprint density at radius 3 is 2.57 bits per heavy atom. The van der Waals surface area contributed by atoms with Crippen molar-refractivity contribution in [1.82, 2.24) is 10.2 Å². The molecular formula is C19H23FN2O. The monoisotopic (exact) mass is 314 g/mol. The van der Waals surface area contributed by atoms with Crippen molar-refractivity contribution in [3.63, 3.8) is 0 Å². The summed E-state index contributed by atoms with van der Waals surface area (Å²) in [6, 6.07) is 15.1. The van der Waals surface area contributed by atoms with Crippen LogP contribution in [0, 0.1) is 12.7 Å². The Bertz CT molecular complexity index is 658. The van der Waals surface area contributed by atoms with E-state index in [1.54, 1.807) is 19.1 Å². The van der Waals surface area contributed by atoms with E-state index >= 15 is 0 Å². The number of hydrogen-bond donors (Lipinski definition) is 1. The predicted molar refractivity (Wildman–Crippen MR) is 90.5 cm³/mol. The highest BCUT2D eigenvalue weighted by atomic mass is 19.1. The van der Waals surface area contributed by atoms with Crippen LogP contribution in [0.25, 0.3) is 0 Å². The molecule has 3 nitrogen and oxygen atoms in total. The van der Waals surface area contributed by atoms with E-state index in [1.807, 2.05) is 30.1 Å². The van der Waals surface area contributed by atoms with E-state index in [9.17, 15) is 9.18 Å². The molecule has 0 radical (unpaired) electrons. The second-order valence-electron chi connectivity index (χ2n) is 5.86. The third-order valence-electron chi connectivity index (χ3n) is 4.05. The molecule has 0 saturated carbocycles. The van der Waals surface area contributed by atoms with Gasteiger partial charge in [-0.05, 0) is 43.7 Å². The molecule has 0 spiro atoms. The minimum atomic E-state index is -0.225. The lowest BCUT2D eigenvalue weighted by Gasteiger charge is -2.24. The Morgan fingerprint density at radius 1 is 1.22 bits per heavy atom. The molecule has 0 aliphatic heterocycles. The van der Waals surface area contributed by atoms with Gasteiger partial charge in [0, 0.05) is 12.6 Å². The van der Waals surface area contributed by atoms with Crippen LogP contribution in [0.5, 0.6) is 0 Å². The van der Waals surface area contributed by atoms with Gasteiger partial charge in [-0.15, -0.1) is 0 Å². The molecule has 0 aliphatic carbocycles. The first-order valence-corrected chi connectivity index (χ1v) is 7.74. The van der Waals surface area contributed by atoms with Crippen molar-refractivity contribution < 1.29 is 9.18 Å². The lowest BCUT2D eigenvalue weighted by atomic mass is 10.1. The summed E-state index contributed by atoms with van der Waals surface area (Å²) in [7, 11) is 1.93. The molecule has 0 saturated heterocycles. The standard InChI is InChI=1S/C19H23FN2O/c1-14-11-16(9-10-18(14)20)12-21-19(23)13-22(3)15(2)17-7-5-4-6-8-17/h4-11,15H,12-13H2,1-3H3,(H,21,23). The summed E-state index contributed by atoms with van der Waals surface area (Å²) in [5.41, 5.74) is 2.67. The summed E-state index contributed by atoms with van der Waals surface area (Å²) in [6.07, 6.45) is 0. The quantitative estimate of drug-likeness (QED) is 0.886. The zero-order valence-corrected chi connectivity index (χ0v) is 13.8. The molecular weight excluding hydrogens is 291 g/mol. The number of rotatable bonds is 6. The first kappa shape index (κ1) is 17.2. The average molecular weight is 314 g/mol. The maximum absolute atomic E-state index is 13.2. The summed E-state index contributed by atoms with van der Waals surface area (Å²) in [4.78, 5) is 14.1. The number of carbonyl (C=O) groups is 1. The highest BCUT2D eigenvalue weighted by Crippen LogP contribution is 2.17. The Hall–Kier alpha value is -2.20. The minimum Gasteiger partial charge on any atom is -0.351 e. The molecule has 0 aliphatic rings. The second kappa shape index (κ2) is 7.88. The fourth-order valence-electron chi connectivity index (χ4n) is 2.42. The van der Waals surface area contributed by atoms with Gasteiger partial charge in [-0.3, -0.25) is 9.69 Å². The van der Waals surface area contributed by atoms with Gasteiger partial charge in [0.05, 0.1) is 6.54 Å². The Morgan fingerprint density at radius 2 is 1.91 bits per heavy atom. The normalized spacial score (nSPS) is 12.2. The van der Waals surface area contributed by atoms with Crippen LogP contribution in [0.2, 0.25) is 0 Å². The number of likely N-dealkylation sites (N-methyl/N-ethyl adjacent to an activating group) is 1. The van der Waals surface area contributed by atoms with Gasteiger partial charge in [-0.25, -0.2) is 4.39 Å². The van der Waals surface area contributed by atoms with E-state index in [0.717, 1.165) is 5.56 Å². The van der Waals surface area contributed by atoms with E-state index in [1.165, 1.54) is 11.6 Å². The molecule has 0 aromatic heterocycles. The zero-order chi connectivity index (χ0) is 16.8. The lowest BCUT2D eigenvalue weighted by Crippen LogP contribution is -2.36. The maximum Gasteiger partial charge on any atom is 0.234 e. The first-order valence-electron chi connectivity index (χ1n) is 7.74. The minimum absolute atomic E-state index is 0.0442. The zero-order valence-electron chi connectivity index (χ0n) is 13.8. The Labute approximate surface area is 137 Å². The molecule has 1 unspecified atom stereocenters. The van der Waals surface area contributed by atoms with Crippen molar-refractivity contribution in [1.29, 1.82) is 0 Å². The topological polar surface area (TPSA) is 32.3 Å². The van der Waals surface area contributed by atoms with Gasteiger partial charge in [0.1, 0.15) is 5.82 Å². The van der Waals surface area contributed by atoms with Crippen molar-refractivity contribution >= 4 is 5.91 Å². The fourth-order valence-corrected chi connectivity index (χ4v) is 2.42. The van der Waals surface area contributed by atoms with Gasteiger partial charge in [0.2, 0.25) is 5.91 Å². The van der Waals surface area contributed by atoms with Crippen molar-refractivity contribution in [2.45, 2.75) is 26.4 Å². The van der Waals surface area contributed by atoms with Gasteiger partial charge in [0.25, 0.3) is 0 Å². The summed E-state index contributed by atoms with van der Waals surface area (Å²) in [5, 5.41) is 2.88. The highest BCUT2D eigenvalue weighted by Gasteiger charge is 2.14. The van der Waals surface area contributed by atoms with E-state index in [4.69, 9.17) is 0 Å². The second-order valence-corrected chi connectivity index (χ2v) is 5.86. The third kappa shape index (κ3) is 4.89. The summed E-state index contributed by atoms with van der Waals surface area (Å²) >= 11 is 0. The van der Waals surface area contributed by atoms with E-state index in [-0.39, 0.29) is 17.8 Å². The molecule has 2 aromatic carbocycles. The number of hydrogen-bond acceptors (Lipinski definition) is 2. The molecule has 1 amide bonds. The smallest absolute Gasteiger partial charge is 0.234 e. The largest absolute Gasteiger partial charge is 0.351 e. The van der Waals surface area contributed by atoms with Crippen LogP contribution in [0.4, 0.5) is 4.39 Å². The maximum atomic E-state index is 13.2. The van der Waals surface area contributed by atoms with Crippen molar-refractivity contribution in [2.75, 3.05) is 13.6 Å². The van der Waals surface area contributed by atoms with E-state index < -0.39 is 0 Å². The number of halogens is 1. The molecule has 2 aromatic rings. The predicted octanol–water partition coefficient (Wildman–Crippen LogP) is 3.44. The molecule has 23 heavy (non-hydrogen) atoms. The average Bonchev–Trinajstić information content (AvgIpc) is 2.56. The van der Waals surface area contributed by atoms with Gasteiger partial charge in [0.15, 0.2) is 0 Å². The van der Waals surface area contributed by atoms with Crippen LogP contribution in [-0.4, -0.2) is 24.4 Å². The molecule has 2 rings (SSSR count). The molecule has 0 bridgehead atoms. The number of nitrogens with zero attached hydrogens (tertiary/aromatic N) is 1. The lowest BCUT2D eigenvalue weighted by molar-refractivity contribution is -0.122. The summed E-state index contributed by atoms with van der Waals surface area (Å²) < 4.78 is 13.2. The first-order chi connectivity index (χ1) is 11.0. The van der Waals surface area contributed by atoms with Gasteiger partial charge in [-0.2, -0.15) is 0 Å². The number of aryl methyl sites for hydroxylation is 1. The molecule has 0 heterocycles. The van der Waals surface area contributed by atoms with Crippen LogP contribution in [0.15, 0.2) is 48.5 Å². The van der Waals surface area contributed by atoms with E-state index in [2.05, 4.69) is 24.4 Å². The number of benzene rings is 2. The molecule has 122 valence electrons. The number of nitrogens with one attached hydrogen (secondary N) is 1. The van der Waals surface area contributed by atoms with Gasteiger partial charge >= 0.3 is 0 Å². The highest BCUT2D eigenvalue weighted by molar-refractivity contribution is 5.78. The van der Waals surface area contributed by atoms with Crippen LogP contribution in [0.1, 0.15) is 29.7 Å². The van der Waals surface area contributed by atoms with Gasteiger partial charge in [-0.1, -0.05) is 42.5 Å². The van der Waals surface area contributed by atoms with Crippen molar-refractivity contribution in [3.8, 4) is 0 Å². The van der Waals surface area contributed by atoms with Crippen LogP contribution in [0.3, 0.4) is 0 Å². The van der Waals surface area contributed by atoms with Crippen molar-refractivity contribution in [3.05, 3.63) is 71.0 Å². The van der Waals surface area contributed by atoms with Crippen LogP contribution < -0.4 is 5.32 Å². The Balaban J connectivity index is 1.85. The molecule has 1 N–H and O–H groups in total. The Kier molecular flexibility index (Phi) is 5.88. The summed E-state index contributed by atoms with van der Waals surface area (Å²) in [5.74, 6) is -0.270. The van der Waals surface area contributed by atoms with Crippen LogP contribution in [-0.2, 0) is 11.3 Å². The third-order valence-corrected chi connectivity index (χ3v) is 4.05. The van der Waals surface area contributed by atoms with E-state index in [0.29, 0.717) is 18.7 Å².